The van der Waals surface area contributed by atoms with Crippen molar-refractivity contribution in [2.24, 2.45) is 0 Å². The van der Waals surface area contributed by atoms with Crippen LogP contribution in [0.15, 0.2) is 0 Å². The van der Waals surface area contributed by atoms with Crippen LogP contribution in [0.3, 0.4) is 0 Å². The smallest absolute Gasteiger partial charge is 0.0700 e. The summed E-state index contributed by atoms with van der Waals surface area (Å²) in [5.41, 5.74) is 0. The summed E-state index contributed by atoms with van der Waals surface area (Å²) in [4.78, 5) is 0. The lowest BCUT2D eigenvalue weighted by molar-refractivity contribution is 0.0606. The van der Waals surface area contributed by atoms with E-state index in [0.29, 0.717) is 13.2 Å². The molecule has 0 N–H and O–H groups in total. The summed E-state index contributed by atoms with van der Waals surface area (Å²) in [6, 6.07) is 0. The summed E-state index contributed by atoms with van der Waals surface area (Å²) in [5, 5.41) is 0. The van der Waals surface area contributed by atoms with Crippen LogP contribution in [-0.4, -0.2) is 37.9 Å². The lowest BCUT2D eigenvalue weighted by Gasteiger charge is -2.03. The molecule has 0 fully saturated rings. The van der Waals surface area contributed by atoms with Crippen LogP contribution in [0.1, 0.15) is 0 Å². The van der Waals surface area contributed by atoms with Crippen LogP contribution in [0.5, 0.6) is 0 Å². The quantitative estimate of drug-likeness (QED) is 0.369. The Morgan fingerprint density at radius 3 is 1.50 bits per heavy atom. The molecule has 0 aromatic rings. The van der Waals surface area contributed by atoms with Gasteiger partial charge in [-0.2, -0.15) is 0 Å². The van der Waals surface area contributed by atoms with Gasteiger partial charge >= 0.3 is 0 Å². The zero-order chi connectivity index (χ0) is 9.07. The predicted octanol–water partition coefficient (Wildman–Crippen LogP) is 2.18. The maximum absolute atomic E-state index is 5.23. The molecule has 0 aliphatic rings. The molecule has 0 saturated heterocycles. The van der Waals surface area contributed by atoms with Crippen molar-refractivity contribution in [1.82, 2.24) is 0 Å². The van der Waals surface area contributed by atoms with Gasteiger partial charge in [-0.15, -0.1) is 23.3 Å². The molecule has 74 valence electrons. The van der Waals surface area contributed by atoms with Gasteiger partial charge in [-0.25, -0.2) is 0 Å². The third-order valence-corrected chi connectivity index (χ3v) is 2.80. The molecule has 0 bridgehead atoms. The van der Waals surface area contributed by atoms with E-state index in [1.54, 1.807) is 0 Å². The first-order chi connectivity index (χ1) is 5.91. The van der Waals surface area contributed by atoms with Crippen molar-refractivity contribution in [3.05, 3.63) is 0 Å². The van der Waals surface area contributed by atoms with E-state index in [1.165, 1.54) is 21.6 Å². The normalized spacial score (nSPS) is 10.5. The van der Waals surface area contributed by atoms with E-state index >= 15 is 0 Å². The van der Waals surface area contributed by atoms with Gasteiger partial charge in [0.05, 0.1) is 26.4 Å². The Morgan fingerprint density at radius 1 is 0.750 bits per heavy atom. The average molecular weight is 246 g/mol. The van der Waals surface area contributed by atoms with Crippen LogP contribution in [0.25, 0.3) is 0 Å². The van der Waals surface area contributed by atoms with Crippen molar-refractivity contribution in [3.8, 4) is 0 Å². The van der Waals surface area contributed by atoms with Crippen molar-refractivity contribution in [3.63, 3.8) is 0 Å². The molecular formula is C6H14O2S4. The monoisotopic (exact) mass is 246 g/mol. The number of hydrogen-bond acceptors (Lipinski definition) is 6. The van der Waals surface area contributed by atoms with Crippen LogP contribution in [0, 0.1) is 0 Å². The van der Waals surface area contributed by atoms with Crippen molar-refractivity contribution in [1.29, 1.82) is 0 Å². The molecule has 0 atom stereocenters. The highest BCUT2D eigenvalue weighted by Gasteiger charge is 1.89. The minimum Gasteiger partial charge on any atom is -0.378 e. The van der Waals surface area contributed by atoms with Gasteiger partial charge in [-0.05, 0) is 0 Å². The molecule has 0 aromatic carbocycles. The molecule has 0 aromatic heterocycles. The standard InChI is InChI=1S/C6H14O2S4/c9-11-5-3-7-1-2-8-4-6-12-10/h9-10H,1-6H2. The summed E-state index contributed by atoms with van der Waals surface area (Å²) in [6.45, 7) is 2.84. The number of thiol groups is 2. The summed E-state index contributed by atoms with van der Waals surface area (Å²) in [7, 11) is 2.98. The molecule has 0 aliphatic carbocycles. The second-order valence-electron chi connectivity index (χ2n) is 1.89. The molecule has 0 saturated carbocycles. The van der Waals surface area contributed by atoms with Gasteiger partial charge in [0, 0.05) is 11.5 Å². The maximum Gasteiger partial charge on any atom is 0.0700 e. The summed E-state index contributed by atoms with van der Waals surface area (Å²) in [5.74, 6) is 1.85. The zero-order valence-corrected chi connectivity index (χ0v) is 10.2. The predicted molar refractivity (Wildman–Crippen MR) is 64.5 cm³/mol. The third kappa shape index (κ3) is 11.3. The minimum atomic E-state index is 0.672. The van der Waals surface area contributed by atoms with Gasteiger partial charge in [-0.3, -0.25) is 0 Å². The van der Waals surface area contributed by atoms with Gasteiger partial charge in [0.25, 0.3) is 0 Å². The lowest BCUT2D eigenvalue weighted by atomic mass is 10.7. The minimum absolute atomic E-state index is 0.672. The van der Waals surface area contributed by atoms with Gasteiger partial charge < -0.3 is 9.47 Å². The molecule has 0 heterocycles. The van der Waals surface area contributed by atoms with Gasteiger partial charge in [0.2, 0.25) is 0 Å². The molecule has 0 amide bonds. The van der Waals surface area contributed by atoms with Crippen molar-refractivity contribution in [2.75, 3.05) is 37.9 Å². The van der Waals surface area contributed by atoms with Crippen LogP contribution >= 0.6 is 44.9 Å². The van der Waals surface area contributed by atoms with E-state index in [9.17, 15) is 0 Å². The highest BCUT2D eigenvalue weighted by Crippen LogP contribution is 2.03. The Morgan fingerprint density at radius 2 is 1.17 bits per heavy atom. The fraction of sp³-hybridized carbons (Fsp3) is 1.00. The van der Waals surface area contributed by atoms with E-state index in [-0.39, 0.29) is 0 Å². The lowest BCUT2D eigenvalue weighted by Crippen LogP contribution is -2.07. The molecule has 6 heteroatoms. The van der Waals surface area contributed by atoms with E-state index < -0.39 is 0 Å². The van der Waals surface area contributed by atoms with Gasteiger partial charge in [-0.1, -0.05) is 21.6 Å². The van der Waals surface area contributed by atoms with E-state index in [2.05, 4.69) is 23.3 Å². The topological polar surface area (TPSA) is 18.5 Å². The molecule has 0 rings (SSSR count). The molecule has 0 spiro atoms. The fourth-order valence-electron chi connectivity index (χ4n) is 0.514. The summed E-state index contributed by atoms with van der Waals surface area (Å²) < 4.78 is 10.5. The Hall–Kier alpha value is 1.32. The van der Waals surface area contributed by atoms with Gasteiger partial charge in [0.15, 0.2) is 0 Å². The van der Waals surface area contributed by atoms with Crippen LogP contribution in [0.2, 0.25) is 0 Å². The number of ether oxygens (including phenoxy) is 2. The highest BCUT2D eigenvalue weighted by molar-refractivity contribution is 8.68. The SMILES string of the molecule is SSCCOCCOCCSS. The van der Waals surface area contributed by atoms with Crippen molar-refractivity contribution in [2.45, 2.75) is 0 Å². The molecule has 2 nitrogen and oxygen atoms in total. The van der Waals surface area contributed by atoms with Crippen molar-refractivity contribution >= 4 is 44.9 Å². The van der Waals surface area contributed by atoms with Crippen LogP contribution in [-0.2, 0) is 9.47 Å². The second kappa shape index (κ2) is 12.3. The second-order valence-corrected chi connectivity index (χ2v) is 4.77. The molecule has 0 aliphatic heterocycles. The maximum atomic E-state index is 5.23. The van der Waals surface area contributed by atoms with Gasteiger partial charge in [0.1, 0.15) is 0 Å². The zero-order valence-electron chi connectivity index (χ0n) is 6.77. The molecular weight excluding hydrogens is 232 g/mol. The molecule has 12 heavy (non-hydrogen) atoms. The first kappa shape index (κ1) is 13.3. The van der Waals surface area contributed by atoms with E-state index in [1.807, 2.05) is 0 Å². The summed E-state index contributed by atoms with van der Waals surface area (Å²) >= 11 is 7.97. The summed E-state index contributed by atoms with van der Waals surface area (Å²) in [6.07, 6.45) is 0. The van der Waals surface area contributed by atoms with Crippen molar-refractivity contribution < 1.29 is 9.47 Å². The molecule has 0 unspecified atom stereocenters. The largest absolute Gasteiger partial charge is 0.378 e. The number of hydrogen-bond donors (Lipinski definition) is 2. The Kier molecular flexibility index (Phi) is 13.7. The van der Waals surface area contributed by atoms with Crippen LogP contribution in [0.4, 0.5) is 0 Å². The Labute approximate surface area is 92.1 Å². The third-order valence-electron chi connectivity index (χ3n) is 1.01. The van der Waals surface area contributed by atoms with Crippen LogP contribution < -0.4 is 0 Å². The molecule has 0 radical (unpaired) electrons. The Bertz CT molecular complexity index is 73.9. The first-order valence-electron chi connectivity index (χ1n) is 3.60. The van der Waals surface area contributed by atoms with E-state index in [4.69, 9.17) is 9.47 Å². The Balaban J connectivity index is 2.73. The highest BCUT2D eigenvalue weighted by atomic mass is 33.1. The van der Waals surface area contributed by atoms with E-state index in [0.717, 1.165) is 24.7 Å². The average Bonchev–Trinajstić information content (AvgIpc) is 2.10. The first-order valence-corrected chi connectivity index (χ1v) is 7.67. The number of rotatable bonds is 9. The fourth-order valence-corrected chi connectivity index (χ4v) is 1.35.